The Labute approximate surface area is 110 Å². The molecule has 106 valence electrons. The predicted molar refractivity (Wildman–Crippen MR) is 65.6 cm³/mol. The van der Waals surface area contributed by atoms with E-state index in [2.05, 4.69) is 0 Å². The number of nitrogens with zero attached hydrogens (tertiary/aromatic N) is 1. The second-order valence-electron chi connectivity index (χ2n) is 5.15. The number of rotatable bonds is 4. The lowest BCUT2D eigenvalue weighted by Gasteiger charge is -2.17. The van der Waals surface area contributed by atoms with Crippen molar-refractivity contribution in [2.75, 3.05) is 6.61 Å². The maximum absolute atomic E-state index is 13.5. The van der Waals surface area contributed by atoms with E-state index >= 15 is 0 Å². The van der Waals surface area contributed by atoms with Crippen LogP contribution < -0.4 is 0 Å². The molecule has 0 spiro atoms. The van der Waals surface area contributed by atoms with E-state index in [0.717, 1.165) is 12.1 Å². The van der Waals surface area contributed by atoms with Crippen molar-refractivity contribution < 1.29 is 21.9 Å². The average Bonchev–Trinajstić information content (AvgIpc) is 2.25. The molecule has 1 rings (SSSR count). The number of benzene rings is 1. The van der Waals surface area contributed by atoms with Gasteiger partial charge in [0.1, 0.15) is 10.7 Å². The maximum Gasteiger partial charge on any atom is 0.300 e. The Bertz CT molecular complexity index is 592. The molecule has 0 fully saturated rings. The largest absolute Gasteiger partial charge is 0.300 e. The number of nitro benzene ring substituents is 1. The summed E-state index contributed by atoms with van der Waals surface area (Å²) in [5.41, 5.74) is -0.955. The monoisotopic (exact) mass is 291 g/mol. The molecule has 0 unspecified atom stereocenters. The molecule has 0 atom stereocenters. The molecule has 0 aliphatic heterocycles. The van der Waals surface area contributed by atoms with Crippen molar-refractivity contribution in [1.29, 1.82) is 0 Å². The number of nitro groups is 1. The summed E-state index contributed by atoms with van der Waals surface area (Å²) in [6.45, 7) is 5.07. The lowest BCUT2D eigenvalue weighted by Crippen LogP contribution is -2.19. The number of hydrogen-bond acceptors (Lipinski definition) is 5. The van der Waals surface area contributed by atoms with Crippen molar-refractivity contribution in [3.63, 3.8) is 0 Å². The smallest absolute Gasteiger partial charge is 0.266 e. The van der Waals surface area contributed by atoms with Crippen LogP contribution in [0.5, 0.6) is 0 Å². The minimum Gasteiger partial charge on any atom is -0.266 e. The molecule has 19 heavy (non-hydrogen) atoms. The normalized spacial score (nSPS) is 12.4. The second-order valence-corrected chi connectivity index (χ2v) is 6.73. The van der Waals surface area contributed by atoms with Crippen molar-refractivity contribution in [2.45, 2.75) is 25.7 Å². The minimum atomic E-state index is -4.36. The van der Waals surface area contributed by atoms with Gasteiger partial charge in [0.15, 0.2) is 0 Å². The Hall–Kier alpha value is -1.54. The zero-order chi connectivity index (χ0) is 14.8. The Balaban J connectivity index is 3.14. The molecule has 0 N–H and O–H groups in total. The third-order valence-electron chi connectivity index (χ3n) is 2.04. The fourth-order valence-corrected chi connectivity index (χ4v) is 2.32. The third kappa shape index (κ3) is 4.25. The van der Waals surface area contributed by atoms with Gasteiger partial charge in [0.2, 0.25) is 0 Å². The van der Waals surface area contributed by atoms with Gasteiger partial charge in [-0.15, -0.1) is 0 Å². The first kappa shape index (κ1) is 15.5. The minimum absolute atomic E-state index is 0.155. The van der Waals surface area contributed by atoms with E-state index in [1.165, 1.54) is 0 Å². The first-order valence-electron chi connectivity index (χ1n) is 5.36. The molecular formula is C11H14FNO5S. The van der Waals surface area contributed by atoms with Gasteiger partial charge in [0.25, 0.3) is 15.8 Å². The summed E-state index contributed by atoms with van der Waals surface area (Å²) in [4.78, 5) is 8.92. The van der Waals surface area contributed by atoms with Gasteiger partial charge in [0.05, 0.1) is 11.5 Å². The van der Waals surface area contributed by atoms with Crippen LogP contribution in [0.1, 0.15) is 20.8 Å². The van der Waals surface area contributed by atoms with E-state index in [-0.39, 0.29) is 6.61 Å². The topological polar surface area (TPSA) is 86.5 Å². The molecule has 0 bridgehead atoms. The molecule has 0 aliphatic carbocycles. The Morgan fingerprint density at radius 3 is 2.42 bits per heavy atom. The van der Waals surface area contributed by atoms with Crippen LogP contribution in [0.15, 0.2) is 23.1 Å². The van der Waals surface area contributed by atoms with Gasteiger partial charge in [-0.1, -0.05) is 20.8 Å². The van der Waals surface area contributed by atoms with Crippen LogP contribution in [-0.2, 0) is 14.3 Å². The molecule has 0 aliphatic rings. The molecule has 0 saturated carbocycles. The first-order chi connectivity index (χ1) is 8.53. The summed E-state index contributed by atoms with van der Waals surface area (Å²) in [6.07, 6.45) is 0. The molecule has 0 aromatic heterocycles. The Kier molecular flexibility index (Phi) is 4.26. The maximum atomic E-state index is 13.5. The average molecular weight is 291 g/mol. The highest BCUT2D eigenvalue weighted by Crippen LogP contribution is 2.24. The summed E-state index contributed by atoms with van der Waals surface area (Å²) in [6, 6.07) is 2.26. The Morgan fingerprint density at radius 2 is 1.95 bits per heavy atom. The quantitative estimate of drug-likeness (QED) is 0.483. The second kappa shape index (κ2) is 5.22. The molecule has 8 heteroatoms. The summed E-state index contributed by atoms with van der Waals surface area (Å²) in [5, 5.41) is 10.6. The van der Waals surface area contributed by atoms with Gasteiger partial charge in [0, 0.05) is 12.1 Å². The Morgan fingerprint density at radius 1 is 1.37 bits per heavy atom. The molecule has 0 heterocycles. The highest BCUT2D eigenvalue weighted by atomic mass is 32.2. The van der Waals surface area contributed by atoms with Gasteiger partial charge in [-0.25, -0.2) is 4.39 Å². The van der Waals surface area contributed by atoms with Gasteiger partial charge >= 0.3 is 0 Å². The standard InChI is InChI=1S/C11H14FNO5S/c1-11(2,3)7-18-19(16,17)10-6-8(13(14)15)4-5-9(10)12/h4-6H,7H2,1-3H3. The highest BCUT2D eigenvalue weighted by Gasteiger charge is 2.25. The van der Waals surface area contributed by atoms with Crippen LogP contribution in [0.2, 0.25) is 0 Å². The van der Waals surface area contributed by atoms with E-state index in [0.29, 0.717) is 6.07 Å². The van der Waals surface area contributed by atoms with Crippen molar-refractivity contribution >= 4 is 15.8 Å². The summed E-state index contributed by atoms with van der Waals surface area (Å²) < 4.78 is 41.8. The fraction of sp³-hybridized carbons (Fsp3) is 0.455. The summed E-state index contributed by atoms with van der Waals surface area (Å²) >= 11 is 0. The van der Waals surface area contributed by atoms with Crippen molar-refractivity contribution in [1.82, 2.24) is 0 Å². The van der Waals surface area contributed by atoms with Crippen LogP contribution in [0.25, 0.3) is 0 Å². The lowest BCUT2D eigenvalue weighted by molar-refractivity contribution is -0.385. The molecule has 6 nitrogen and oxygen atoms in total. The van der Waals surface area contributed by atoms with E-state index in [9.17, 15) is 22.9 Å². The summed E-state index contributed by atoms with van der Waals surface area (Å²) in [7, 11) is -4.36. The first-order valence-corrected chi connectivity index (χ1v) is 6.77. The van der Waals surface area contributed by atoms with Crippen LogP contribution in [0.4, 0.5) is 10.1 Å². The molecule has 1 aromatic rings. The van der Waals surface area contributed by atoms with E-state index < -0.39 is 36.9 Å². The van der Waals surface area contributed by atoms with Gasteiger partial charge in [-0.05, 0) is 11.5 Å². The number of hydrogen-bond donors (Lipinski definition) is 0. The van der Waals surface area contributed by atoms with Crippen LogP contribution in [-0.4, -0.2) is 19.9 Å². The van der Waals surface area contributed by atoms with E-state index in [1.54, 1.807) is 20.8 Å². The van der Waals surface area contributed by atoms with E-state index in [1.807, 2.05) is 0 Å². The third-order valence-corrected chi connectivity index (χ3v) is 3.32. The number of halogens is 1. The molecule has 0 radical (unpaired) electrons. The predicted octanol–water partition coefficient (Wildman–Crippen LogP) is 2.49. The SMILES string of the molecule is CC(C)(C)COS(=O)(=O)c1cc([N+](=O)[O-])ccc1F. The zero-order valence-electron chi connectivity index (χ0n) is 10.7. The van der Waals surface area contributed by atoms with Crippen LogP contribution >= 0.6 is 0 Å². The molecular weight excluding hydrogens is 277 g/mol. The van der Waals surface area contributed by atoms with E-state index in [4.69, 9.17) is 4.18 Å². The van der Waals surface area contributed by atoms with Gasteiger partial charge < -0.3 is 0 Å². The molecule has 0 saturated heterocycles. The molecule has 1 aromatic carbocycles. The summed E-state index contributed by atoms with van der Waals surface area (Å²) in [5.74, 6) is -1.08. The highest BCUT2D eigenvalue weighted by molar-refractivity contribution is 7.86. The van der Waals surface area contributed by atoms with Crippen LogP contribution in [0.3, 0.4) is 0 Å². The molecule has 0 amide bonds. The van der Waals surface area contributed by atoms with Gasteiger partial charge in [-0.2, -0.15) is 8.42 Å². The van der Waals surface area contributed by atoms with Gasteiger partial charge in [-0.3, -0.25) is 14.3 Å². The van der Waals surface area contributed by atoms with Crippen molar-refractivity contribution in [2.24, 2.45) is 5.41 Å². The van der Waals surface area contributed by atoms with Crippen molar-refractivity contribution in [3.8, 4) is 0 Å². The lowest BCUT2D eigenvalue weighted by atomic mass is 9.99. The zero-order valence-corrected chi connectivity index (χ0v) is 11.5. The van der Waals surface area contributed by atoms with Crippen LogP contribution in [0, 0.1) is 21.3 Å². The fourth-order valence-electron chi connectivity index (χ4n) is 1.12. The number of non-ortho nitro benzene ring substituents is 1. The van der Waals surface area contributed by atoms with Crippen molar-refractivity contribution in [3.05, 3.63) is 34.1 Å².